The van der Waals surface area contributed by atoms with E-state index in [1.807, 2.05) is 36.5 Å². The van der Waals surface area contributed by atoms with Crippen molar-refractivity contribution in [3.63, 3.8) is 0 Å². The molecule has 0 aliphatic rings. The summed E-state index contributed by atoms with van der Waals surface area (Å²) >= 11 is 0. The molecule has 1 atom stereocenters. The Bertz CT molecular complexity index is 674. The third-order valence-corrected chi connectivity index (χ3v) is 4.27. The summed E-state index contributed by atoms with van der Waals surface area (Å²) in [7, 11) is 0. The molecule has 1 unspecified atom stereocenters. The van der Waals surface area contributed by atoms with Gasteiger partial charge in [-0.1, -0.05) is 36.8 Å². The molecule has 2 rings (SSSR count). The van der Waals surface area contributed by atoms with E-state index < -0.39 is 11.9 Å². The number of benzene rings is 1. The second-order valence-corrected chi connectivity index (χ2v) is 6.43. The molecule has 1 amide bonds. The predicted molar refractivity (Wildman–Crippen MR) is 103 cm³/mol. The molecule has 146 valence electrons. The first kappa shape index (κ1) is 20.6. The van der Waals surface area contributed by atoms with Crippen LogP contribution in [0.2, 0.25) is 0 Å². The highest BCUT2D eigenvalue weighted by atomic mass is 16.5. The lowest BCUT2D eigenvalue weighted by Gasteiger charge is -2.16. The zero-order valence-corrected chi connectivity index (χ0v) is 15.5. The van der Waals surface area contributed by atoms with Crippen molar-refractivity contribution in [3.05, 3.63) is 53.9 Å². The second-order valence-electron chi connectivity index (χ2n) is 6.43. The lowest BCUT2D eigenvalue weighted by Crippen LogP contribution is -2.37. The van der Waals surface area contributed by atoms with Gasteiger partial charge in [0.2, 0.25) is 5.91 Å². The molecule has 1 aromatic heterocycles. The average Bonchev–Trinajstić information content (AvgIpc) is 3.21. The molecule has 0 aliphatic heterocycles. The zero-order valence-electron chi connectivity index (χ0n) is 15.5. The summed E-state index contributed by atoms with van der Waals surface area (Å²) in [6.45, 7) is 1.21. The van der Waals surface area contributed by atoms with Crippen molar-refractivity contribution in [2.75, 3.05) is 13.1 Å². The number of H-pyrrole nitrogens is 1. The minimum Gasteiger partial charge on any atom is -0.460 e. The van der Waals surface area contributed by atoms with Gasteiger partial charge in [0.05, 0.1) is 6.20 Å². The molecule has 0 spiro atoms. The first-order valence-electron chi connectivity index (χ1n) is 9.36. The van der Waals surface area contributed by atoms with E-state index >= 15 is 0 Å². The molecule has 0 saturated heterocycles. The summed E-state index contributed by atoms with van der Waals surface area (Å²) in [4.78, 5) is 24.9. The van der Waals surface area contributed by atoms with Gasteiger partial charge in [0.1, 0.15) is 12.5 Å². The highest BCUT2D eigenvalue weighted by Crippen LogP contribution is 2.13. The fraction of sp³-hybridized carbons (Fsp3) is 0.450. The number of amides is 1. The summed E-state index contributed by atoms with van der Waals surface area (Å²) in [6, 6.07) is 9.43. The third-order valence-electron chi connectivity index (χ3n) is 4.27. The van der Waals surface area contributed by atoms with Crippen LogP contribution in [0.5, 0.6) is 0 Å². The standard InChI is InChI=1S/C20H28N4O3/c21-11-5-4-10-18(20(26)27-15-16-7-2-1-3-8-16)19(25)22-12-6-9-17-13-23-24-14-17/h1-3,7-8,13-14,18H,4-6,9-12,15,21H2,(H,22,25)(H,23,24). The summed E-state index contributed by atoms with van der Waals surface area (Å²) in [6.07, 6.45) is 7.11. The monoisotopic (exact) mass is 372 g/mol. The van der Waals surface area contributed by atoms with E-state index in [-0.39, 0.29) is 12.5 Å². The van der Waals surface area contributed by atoms with Crippen molar-refractivity contribution in [2.45, 2.75) is 38.7 Å². The van der Waals surface area contributed by atoms with E-state index in [1.54, 1.807) is 6.20 Å². The van der Waals surface area contributed by atoms with E-state index in [0.29, 0.717) is 25.9 Å². The molecule has 7 heteroatoms. The molecule has 0 aliphatic carbocycles. The largest absolute Gasteiger partial charge is 0.460 e. The minimum atomic E-state index is -0.797. The Balaban J connectivity index is 1.81. The van der Waals surface area contributed by atoms with Crippen LogP contribution in [0.4, 0.5) is 0 Å². The number of nitrogens with two attached hydrogens (primary N) is 1. The number of ether oxygens (including phenoxy) is 1. The molecule has 7 nitrogen and oxygen atoms in total. The van der Waals surface area contributed by atoms with Crippen LogP contribution in [0.1, 0.15) is 36.8 Å². The van der Waals surface area contributed by atoms with Crippen LogP contribution in [0.25, 0.3) is 0 Å². The van der Waals surface area contributed by atoms with Crippen LogP contribution in [-0.4, -0.2) is 35.2 Å². The maximum Gasteiger partial charge on any atom is 0.318 e. The molecule has 0 fully saturated rings. The number of unbranched alkanes of at least 4 members (excludes halogenated alkanes) is 1. The Morgan fingerprint density at radius 3 is 2.67 bits per heavy atom. The lowest BCUT2D eigenvalue weighted by atomic mass is 10.0. The number of hydrogen-bond acceptors (Lipinski definition) is 5. The van der Waals surface area contributed by atoms with Crippen molar-refractivity contribution in [1.82, 2.24) is 15.5 Å². The second kappa shape index (κ2) is 11.9. The van der Waals surface area contributed by atoms with Gasteiger partial charge in [-0.05, 0) is 43.4 Å². The molecule has 0 saturated carbocycles. The van der Waals surface area contributed by atoms with Gasteiger partial charge in [-0.3, -0.25) is 14.7 Å². The molecule has 4 N–H and O–H groups in total. The fourth-order valence-corrected chi connectivity index (χ4v) is 2.72. The predicted octanol–water partition coefficient (Wildman–Crippen LogP) is 1.95. The van der Waals surface area contributed by atoms with E-state index in [1.165, 1.54) is 0 Å². The number of aromatic nitrogens is 2. The normalized spacial score (nSPS) is 11.7. The third kappa shape index (κ3) is 7.62. The van der Waals surface area contributed by atoms with Gasteiger partial charge in [0, 0.05) is 12.7 Å². The molecule has 2 aromatic rings. The maximum absolute atomic E-state index is 12.5. The first-order chi connectivity index (χ1) is 13.2. The number of carbonyl (C=O) groups excluding carboxylic acids is 2. The SMILES string of the molecule is NCCCCC(C(=O)NCCCc1cn[nH]c1)C(=O)OCc1ccccc1. The number of nitrogens with one attached hydrogen (secondary N) is 2. The van der Waals surface area contributed by atoms with Crippen molar-refractivity contribution in [1.29, 1.82) is 0 Å². The smallest absolute Gasteiger partial charge is 0.318 e. The van der Waals surface area contributed by atoms with Crippen molar-refractivity contribution >= 4 is 11.9 Å². The van der Waals surface area contributed by atoms with E-state index in [4.69, 9.17) is 10.5 Å². The number of hydrogen-bond donors (Lipinski definition) is 3. The van der Waals surface area contributed by atoms with Gasteiger partial charge >= 0.3 is 5.97 Å². The highest BCUT2D eigenvalue weighted by Gasteiger charge is 2.27. The Labute approximate surface area is 159 Å². The van der Waals surface area contributed by atoms with Crippen LogP contribution < -0.4 is 11.1 Å². The topological polar surface area (TPSA) is 110 Å². The Morgan fingerprint density at radius 1 is 1.15 bits per heavy atom. The van der Waals surface area contributed by atoms with Crippen molar-refractivity contribution in [2.24, 2.45) is 11.7 Å². The molecule has 27 heavy (non-hydrogen) atoms. The van der Waals surface area contributed by atoms with Gasteiger partial charge in [-0.15, -0.1) is 0 Å². The van der Waals surface area contributed by atoms with Crippen LogP contribution in [-0.2, 0) is 27.4 Å². The average molecular weight is 372 g/mol. The molecular weight excluding hydrogens is 344 g/mol. The van der Waals surface area contributed by atoms with Gasteiger partial charge in [-0.2, -0.15) is 5.10 Å². The lowest BCUT2D eigenvalue weighted by molar-refractivity contribution is -0.154. The Hall–Kier alpha value is -2.67. The molecule has 1 aromatic carbocycles. The van der Waals surface area contributed by atoms with Gasteiger partial charge in [-0.25, -0.2) is 0 Å². The quantitative estimate of drug-likeness (QED) is 0.300. The van der Waals surface area contributed by atoms with Gasteiger partial charge < -0.3 is 15.8 Å². The summed E-state index contributed by atoms with van der Waals surface area (Å²) < 4.78 is 5.36. The van der Waals surface area contributed by atoms with Gasteiger partial charge in [0.25, 0.3) is 0 Å². The van der Waals surface area contributed by atoms with Crippen LogP contribution in [0.15, 0.2) is 42.7 Å². The number of aryl methyl sites for hydroxylation is 1. The number of nitrogens with zero attached hydrogens (tertiary/aromatic N) is 1. The summed E-state index contributed by atoms with van der Waals surface area (Å²) in [5, 5.41) is 9.50. The minimum absolute atomic E-state index is 0.167. The summed E-state index contributed by atoms with van der Waals surface area (Å²) in [5.74, 6) is -1.56. The van der Waals surface area contributed by atoms with E-state index in [2.05, 4.69) is 15.5 Å². The summed E-state index contributed by atoms with van der Waals surface area (Å²) in [5.41, 5.74) is 7.51. The highest BCUT2D eigenvalue weighted by molar-refractivity contribution is 5.97. The van der Waals surface area contributed by atoms with Crippen LogP contribution >= 0.6 is 0 Å². The molecule has 0 bridgehead atoms. The molecular formula is C20H28N4O3. The van der Waals surface area contributed by atoms with Crippen LogP contribution in [0.3, 0.4) is 0 Å². The number of carbonyl (C=O) groups is 2. The van der Waals surface area contributed by atoms with E-state index in [0.717, 1.165) is 30.4 Å². The maximum atomic E-state index is 12.5. The fourth-order valence-electron chi connectivity index (χ4n) is 2.72. The van der Waals surface area contributed by atoms with Crippen molar-refractivity contribution in [3.8, 4) is 0 Å². The molecule has 1 heterocycles. The van der Waals surface area contributed by atoms with E-state index in [9.17, 15) is 9.59 Å². The Morgan fingerprint density at radius 2 is 1.96 bits per heavy atom. The van der Waals surface area contributed by atoms with Crippen LogP contribution in [0, 0.1) is 5.92 Å². The van der Waals surface area contributed by atoms with Gasteiger partial charge in [0.15, 0.2) is 0 Å². The molecule has 0 radical (unpaired) electrons. The zero-order chi connectivity index (χ0) is 19.3. The first-order valence-corrected chi connectivity index (χ1v) is 9.36. The number of esters is 1. The number of rotatable bonds is 12. The Kier molecular flexibility index (Phi) is 9.06. The number of aromatic amines is 1. The van der Waals surface area contributed by atoms with Crippen molar-refractivity contribution < 1.29 is 14.3 Å².